The van der Waals surface area contributed by atoms with Crippen LogP contribution in [0.5, 0.6) is 0 Å². The maximum atomic E-state index is 13.9. The van der Waals surface area contributed by atoms with Gasteiger partial charge in [0.1, 0.15) is 18.0 Å². The quantitative estimate of drug-likeness (QED) is 0.655. The zero-order valence-corrected chi connectivity index (χ0v) is 17.9. The highest BCUT2D eigenvalue weighted by molar-refractivity contribution is 7.98. The summed E-state index contributed by atoms with van der Waals surface area (Å²) in [6, 6.07) is 4.85. The average Bonchev–Trinajstić information content (AvgIpc) is 3.14. The van der Waals surface area contributed by atoms with Crippen molar-refractivity contribution in [2.75, 3.05) is 19.3 Å². The number of ether oxygens (including phenoxy) is 2. The summed E-state index contributed by atoms with van der Waals surface area (Å²) in [5, 5.41) is 3.91. The van der Waals surface area contributed by atoms with E-state index in [2.05, 4.69) is 10.1 Å². The Bertz CT molecular complexity index is 844. The maximum Gasteiger partial charge on any atom is 0.410 e. The van der Waals surface area contributed by atoms with Crippen LogP contribution in [0.1, 0.15) is 39.5 Å². The van der Waals surface area contributed by atoms with E-state index >= 15 is 0 Å². The van der Waals surface area contributed by atoms with E-state index in [4.69, 9.17) is 14.0 Å². The van der Waals surface area contributed by atoms with Crippen LogP contribution in [0.2, 0.25) is 0 Å². The Labute approximate surface area is 173 Å². The number of halogens is 1. The molecule has 0 N–H and O–H groups in total. The number of thioether (sulfide) groups is 1. The molecule has 9 heteroatoms. The van der Waals surface area contributed by atoms with E-state index < -0.39 is 5.60 Å². The minimum absolute atomic E-state index is 0.00217. The van der Waals surface area contributed by atoms with E-state index in [9.17, 15) is 9.18 Å². The predicted octanol–water partition coefficient (Wildman–Crippen LogP) is 4.51. The van der Waals surface area contributed by atoms with Crippen molar-refractivity contribution in [3.05, 3.63) is 29.9 Å². The van der Waals surface area contributed by atoms with Crippen molar-refractivity contribution in [1.29, 1.82) is 0 Å². The Balaban J connectivity index is 1.48. The molecular formula is C20H26FN3O4S. The molecule has 1 saturated heterocycles. The minimum Gasteiger partial charge on any atom is -0.444 e. The second-order valence-corrected chi connectivity index (χ2v) is 8.69. The van der Waals surface area contributed by atoms with E-state index in [0.717, 1.165) is 0 Å². The third kappa shape index (κ3) is 5.93. The van der Waals surface area contributed by atoms with Crippen LogP contribution in [-0.4, -0.2) is 52.2 Å². The van der Waals surface area contributed by atoms with E-state index in [1.54, 1.807) is 17.0 Å². The van der Waals surface area contributed by atoms with Gasteiger partial charge in [0.2, 0.25) is 5.82 Å². The molecular weight excluding hydrogens is 397 g/mol. The van der Waals surface area contributed by atoms with Crippen LogP contribution >= 0.6 is 11.8 Å². The zero-order chi connectivity index (χ0) is 21.0. The van der Waals surface area contributed by atoms with Gasteiger partial charge < -0.3 is 18.9 Å². The molecule has 1 aliphatic rings. The Kier molecular flexibility index (Phi) is 6.79. The third-order valence-corrected chi connectivity index (χ3v) is 5.19. The summed E-state index contributed by atoms with van der Waals surface area (Å²) in [6.07, 6.45) is 2.95. The molecule has 0 unspecified atom stereocenters. The van der Waals surface area contributed by atoms with Crippen molar-refractivity contribution in [3.63, 3.8) is 0 Å². The van der Waals surface area contributed by atoms with Crippen molar-refractivity contribution in [3.8, 4) is 11.4 Å². The summed E-state index contributed by atoms with van der Waals surface area (Å²) in [6.45, 7) is 6.89. The fraction of sp³-hybridized carbons (Fsp3) is 0.550. The lowest BCUT2D eigenvalue weighted by atomic mass is 10.1. The molecule has 7 nitrogen and oxygen atoms in total. The summed E-state index contributed by atoms with van der Waals surface area (Å²) in [7, 11) is 0. The lowest BCUT2D eigenvalue weighted by Crippen LogP contribution is -2.43. The minimum atomic E-state index is -0.501. The summed E-state index contributed by atoms with van der Waals surface area (Å²) >= 11 is 1.34. The van der Waals surface area contributed by atoms with Crippen LogP contribution in [0, 0.1) is 5.82 Å². The first-order chi connectivity index (χ1) is 13.7. The predicted molar refractivity (Wildman–Crippen MR) is 107 cm³/mol. The number of aromatic nitrogens is 2. The van der Waals surface area contributed by atoms with Crippen LogP contribution in [0.15, 0.2) is 27.6 Å². The van der Waals surface area contributed by atoms with Gasteiger partial charge in [0.25, 0.3) is 5.89 Å². The monoisotopic (exact) mass is 423 g/mol. The van der Waals surface area contributed by atoms with E-state index in [-0.39, 0.29) is 24.6 Å². The number of benzene rings is 1. The van der Waals surface area contributed by atoms with Gasteiger partial charge in [-0.25, -0.2) is 9.18 Å². The van der Waals surface area contributed by atoms with Crippen molar-refractivity contribution >= 4 is 17.9 Å². The normalized spacial score (nSPS) is 15.6. The molecule has 1 fully saturated rings. The number of carbonyl (C=O) groups is 1. The zero-order valence-electron chi connectivity index (χ0n) is 17.1. The van der Waals surface area contributed by atoms with Gasteiger partial charge in [-0.05, 0) is 58.1 Å². The SMILES string of the molecule is CSc1ccc(-c2noc(COC3CCN(C(=O)OC(C)(C)C)CC3)n2)cc1F. The van der Waals surface area contributed by atoms with E-state index in [1.165, 1.54) is 17.8 Å². The highest BCUT2D eigenvalue weighted by Gasteiger charge is 2.27. The molecule has 158 valence electrons. The number of likely N-dealkylation sites (tertiary alicyclic amines) is 1. The molecule has 2 aromatic rings. The fourth-order valence-corrected chi connectivity index (χ4v) is 3.41. The molecule has 0 atom stereocenters. The third-order valence-electron chi connectivity index (χ3n) is 4.41. The largest absolute Gasteiger partial charge is 0.444 e. The number of carbonyl (C=O) groups excluding carboxylic acids is 1. The number of rotatable bonds is 5. The summed E-state index contributed by atoms with van der Waals surface area (Å²) in [5.41, 5.74) is 0.0552. The number of nitrogens with zero attached hydrogens (tertiary/aromatic N) is 3. The second-order valence-electron chi connectivity index (χ2n) is 7.84. The molecule has 1 amide bonds. The average molecular weight is 424 g/mol. The smallest absolute Gasteiger partial charge is 0.410 e. The van der Waals surface area contributed by atoms with Gasteiger partial charge in [-0.15, -0.1) is 11.8 Å². The highest BCUT2D eigenvalue weighted by atomic mass is 32.2. The molecule has 0 aliphatic carbocycles. The van der Waals surface area contributed by atoms with Crippen molar-refractivity contribution in [2.45, 2.75) is 56.8 Å². The summed E-state index contributed by atoms with van der Waals surface area (Å²) < 4.78 is 30.4. The van der Waals surface area contributed by atoms with Crippen LogP contribution in [0.25, 0.3) is 11.4 Å². The molecule has 1 aromatic heterocycles. The topological polar surface area (TPSA) is 77.7 Å². The Morgan fingerprint density at radius 2 is 2.07 bits per heavy atom. The van der Waals surface area contributed by atoms with E-state index in [0.29, 0.717) is 48.1 Å². The lowest BCUT2D eigenvalue weighted by Gasteiger charge is -2.33. The second kappa shape index (κ2) is 9.13. The number of amides is 1. The fourth-order valence-electron chi connectivity index (χ4n) is 2.96. The molecule has 3 rings (SSSR count). The molecule has 0 radical (unpaired) electrons. The first-order valence-electron chi connectivity index (χ1n) is 9.51. The Morgan fingerprint density at radius 3 is 2.69 bits per heavy atom. The number of hydrogen-bond acceptors (Lipinski definition) is 7. The van der Waals surface area contributed by atoms with Gasteiger partial charge in [-0.2, -0.15) is 4.98 Å². The standard InChI is InChI=1S/C20H26FN3O4S/c1-20(2,3)27-19(25)24-9-7-14(8-10-24)26-12-17-22-18(23-28-17)13-5-6-16(29-4)15(21)11-13/h5-6,11,14H,7-10,12H2,1-4H3. The van der Waals surface area contributed by atoms with Crippen LogP contribution in [0.3, 0.4) is 0 Å². The van der Waals surface area contributed by atoms with Gasteiger partial charge in [0.05, 0.1) is 6.10 Å². The summed E-state index contributed by atoms with van der Waals surface area (Å²) in [4.78, 5) is 18.7. The van der Waals surface area contributed by atoms with Crippen LogP contribution in [-0.2, 0) is 16.1 Å². The molecule has 0 spiro atoms. The molecule has 1 aliphatic heterocycles. The molecule has 2 heterocycles. The van der Waals surface area contributed by atoms with Gasteiger partial charge in [-0.3, -0.25) is 0 Å². The number of piperidine rings is 1. The first-order valence-corrected chi connectivity index (χ1v) is 10.7. The van der Waals surface area contributed by atoms with Crippen molar-refractivity contribution < 1.29 is 23.2 Å². The number of hydrogen-bond donors (Lipinski definition) is 0. The molecule has 29 heavy (non-hydrogen) atoms. The van der Waals surface area contributed by atoms with Gasteiger partial charge in [-0.1, -0.05) is 5.16 Å². The molecule has 0 bridgehead atoms. The van der Waals surface area contributed by atoms with Crippen molar-refractivity contribution in [1.82, 2.24) is 15.0 Å². The molecule has 1 aromatic carbocycles. The first kappa shape index (κ1) is 21.6. The van der Waals surface area contributed by atoms with E-state index in [1.807, 2.05) is 27.0 Å². The van der Waals surface area contributed by atoms with Gasteiger partial charge >= 0.3 is 6.09 Å². The molecule has 0 saturated carbocycles. The summed E-state index contributed by atoms with van der Waals surface area (Å²) in [5.74, 6) is 0.355. The van der Waals surface area contributed by atoms with Crippen LogP contribution < -0.4 is 0 Å². The van der Waals surface area contributed by atoms with Gasteiger partial charge in [0, 0.05) is 23.5 Å². The Morgan fingerprint density at radius 1 is 1.34 bits per heavy atom. The van der Waals surface area contributed by atoms with Crippen molar-refractivity contribution in [2.24, 2.45) is 0 Å². The van der Waals surface area contributed by atoms with Gasteiger partial charge in [0.15, 0.2) is 0 Å². The van der Waals surface area contributed by atoms with Crippen LogP contribution in [0.4, 0.5) is 9.18 Å². The maximum absolute atomic E-state index is 13.9. The Hall–Kier alpha value is -2.13. The highest BCUT2D eigenvalue weighted by Crippen LogP contribution is 2.25. The lowest BCUT2D eigenvalue weighted by molar-refractivity contribution is -0.0231.